The molecule has 0 saturated carbocycles. The number of amides is 1. The number of hydrogen-bond acceptors (Lipinski definition) is 2. The largest absolute Gasteiger partial charge is 0.351 e. The van der Waals surface area contributed by atoms with Crippen LogP contribution in [0, 0.1) is 3.70 Å². The monoisotopic (exact) mass is 313 g/mol. The van der Waals surface area contributed by atoms with E-state index in [-0.39, 0.29) is 5.91 Å². The number of halogens is 2. The van der Waals surface area contributed by atoms with Gasteiger partial charge in [0.1, 0.15) is 3.70 Å². The van der Waals surface area contributed by atoms with E-state index in [1.165, 1.54) is 0 Å². The Morgan fingerprint density at radius 2 is 2.54 bits per heavy atom. The van der Waals surface area contributed by atoms with Gasteiger partial charge in [0.15, 0.2) is 0 Å². The fourth-order valence-electron chi connectivity index (χ4n) is 0.831. The minimum absolute atomic E-state index is 0.127. The van der Waals surface area contributed by atoms with Crippen molar-refractivity contribution in [2.75, 3.05) is 12.4 Å². The van der Waals surface area contributed by atoms with Crippen molar-refractivity contribution in [1.29, 1.82) is 0 Å². The Kier molecular flexibility index (Phi) is 3.98. The van der Waals surface area contributed by atoms with Crippen LogP contribution in [0.3, 0.4) is 0 Å². The zero-order valence-electron chi connectivity index (χ0n) is 7.05. The second kappa shape index (κ2) is 4.80. The fraction of sp³-hybridized carbons (Fsp3) is 0.429. The van der Waals surface area contributed by atoms with E-state index in [0.717, 1.165) is 3.70 Å². The summed E-state index contributed by atoms with van der Waals surface area (Å²) in [6.45, 7) is 0.478. The maximum absolute atomic E-state index is 11.4. The Bertz CT molecular complexity index is 313. The van der Waals surface area contributed by atoms with Crippen LogP contribution in [0.25, 0.3) is 0 Å². The maximum Gasteiger partial charge on any atom is 0.255 e. The molecule has 1 aromatic heterocycles. The van der Waals surface area contributed by atoms with Gasteiger partial charge in [0.2, 0.25) is 0 Å². The molecule has 0 aliphatic heterocycles. The lowest BCUT2D eigenvalue weighted by atomic mass is 10.3. The quantitative estimate of drug-likeness (QED) is 0.668. The Morgan fingerprint density at radius 1 is 1.85 bits per heavy atom. The van der Waals surface area contributed by atoms with Crippen molar-refractivity contribution in [3.05, 3.63) is 15.5 Å². The molecular weight excluding hydrogens is 304 g/mol. The molecule has 0 unspecified atom stereocenters. The van der Waals surface area contributed by atoms with Gasteiger partial charge in [-0.15, -0.1) is 11.6 Å². The first-order valence-electron chi connectivity index (χ1n) is 3.68. The zero-order valence-corrected chi connectivity index (χ0v) is 9.96. The third-order valence-electron chi connectivity index (χ3n) is 1.49. The molecule has 0 saturated heterocycles. The summed E-state index contributed by atoms with van der Waals surface area (Å²) in [6.07, 6.45) is 1.55. The molecule has 1 N–H and O–H groups in total. The van der Waals surface area contributed by atoms with Crippen molar-refractivity contribution >= 4 is 40.1 Å². The molecule has 0 aliphatic rings. The van der Waals surface area contributed by atoms with Gasteiger partial charge in [0.25, 0.3) is 5.91 Å². The third-order valence-corrected chi connectivity index (χ3v) is 2.96. The maximum atomic E-state index is 11.4. The smallest absolute Gasteiger partial charge is 0.255 e. The number of aryl methyl sites for hydroxylation is 1. The molecule has 0 aromatic carbocycles. The number of aromatic nitrogens is 2. The van der Waals surface area contributed by atoms with Gasteiger partial charge < -0.3 is 5.32 Å². The van der Waals surface area contributed by atoms with Crippen LogP contribution in [0.5, 0.6) is 0 Å². The van der Waals surface area contributed by atoms with Gasteiger partial charge in [-0.3, -0.25) is 9.48 Å². The lowest BCUT2D eigenvalue weighted by Crippen LogP contribution is -2.25. The van der Waals surface area contributed by atoms with Crippen LogP contribution in [0.15, 0.2) is 6.20 Å². The van der Waals surface area contributed by atoms with E-state index in [1.54, 1.807) is 17.9 Å². The van der Waals surface area contributed by atoms with E-state index >= 15 is 0 Å². The van der Waals surface area contributed by atoms with Gasteiger partial charge in [0, 0.05) is 19.5 Å². The molecule has 0 aliphatic carbocycles. The number of carbonyl (C=O) groups excluding carboxylic acids is 1. The van der Waals surface area contributed by atoms with E-state index in [4.69, 9.17) is 11.6 Å². The third kappa shape index (κ3) is 2.57. The average molecular weight is 314 g/mol. The highest BCUT2D eigenvalue weighted by Gasteiger charge is 2.12. The minimum Gasteiger partial charge on any atom is -0.351 e. The summed E-state index contributed by atoms with van der Waals surface area (Å²) < 4.78 is 2.47. The summed E-state index contributed by atoms with van der Waals surface area (Å²) in [6, 6.07) is 0. The van der Waals surface area contributed by atoms with Crippen molar-refractivity contribution < 1.29 is 4.79 Å². The summed E-state index contributed by atoms with van der Waals surface area (Å²) >= 11 is 7.51. The molecule has 0 fully saturated rings. The number of alkyl halides is 1. The van der Waals surface area contributed by atoms with Crippen molar-refractivity contribution in [3.8, 4) is 0 Å². The topological polar surface area (TPSA) is 46.9 Å². The van der Waals surface area contributed by atoms with Crippen molar-refractivity contribution in [3.63, 3.8) is 0 Å². The van der Waals surface area contributed by atoms with Gasteiger partial charge in [0.05, 0.1) is 11.8 Å². The lowest BCUT2D eigenvalue weighted by Gasteiger charge is -2.00. The standard InChI is InChI=1S/C7H9ClIN3O/c1-12-6(9)5(4-11-12)7(13)10-3-2-8/h4H,2-3H2,1H3,(H,10,13). The van der Waals surface area contributed by atoms with E-state index in [9.17, 15) is 4.79 Å². The minimum atomic E-state index is -0.127. The van der Waals surface area contributed by atoms with Gasteiger partial charge in [-0.25, -0.2) is 0 Å². The molecule has 0 radical (unpaired) electrons. The second-order valence-electron chi connectivity index (χ2n) is 2.42. The molecule has 4 nitrogen and oxygen atoms in total. The zero-order chi connectivity index (χ0) is 9.84. The number of carbonyl (C=O) groups is 1. The summed E-state index contributed by atoms with van der Waals surface area (Å²) in [7, 11) is 1.79. The van der Waals surface area contributed by atoms with Crippen LogP contribution >= 0.6 is 34.2 Å². The summed E-state index contributed by atoms with van der Waals surface area (Å²) in [5.74, 6) is 0.293. The molecule has 1 heterocycles. The molecular formula is C7H9ClIN3O. The van der Waals surface area contributed by atoms with Gasteiger partial charge in [-0.2, -0.15) is 5.10 Å². The van der Waals surface area contributed by atoms with Crippen LogP contribution in [-0.4, -0.2) is 28.1 Å². The second-order valence-corrected chi connectivity index (χ2v) is 3.82. The van der Waals surface area contributed by atoms with Gasteiger partial charge in [-0.05, 0) is 22.6 Å². The predicted octanol–water partition coefficient (Wildman–Crippen LogP) is 0.993. The van der Waals surface area contributed by atoms with E-state index in [1.807, 2.05) is 0 Å². The summed E-state index contributed by atoms with van der Waals surface area (Å²) in [4.78, 5) is 11.4. The first kappa shape index (κ1) is 10.8. The fourth-order valence-corrected chi connectivity index (χ4v) is 1.43. The predicted molar refractivity (Wildman–Crippen MR) is 59.0 cm³/mol. The molecule has 1 amide bonds. The molecule has 0 spiro atoms. The molecule has 1 rings (SSSR count). The van der Waals surface area contributed by atoms with Crippen LogP contribution in [0.1, 0.15) is 10.4 Å². The Labute approximate surface area is 94.8 Å². The highest BCUT2D eigenvalue weighted by Crippen LogP contribution is 2.09. The summed E-state index contributed by atoms with van der Waals surface area (Å²) in [5.41, 5.74) is 0.591. The van der Waals surface area contributed by atoms with Gasteiger partial charge in [-0.1, -0.05) is 0 Å². The lowest BCUT2D eigenvalue weighted by molar-refractivity contribution is 0.0955. The molecule has 0 atom stereocenters. The number of nitrogens with zero attached hydrogens (tertiary/aromatic N) is 2. The van der Waals surface area contributed by atoms with E-state index < -0.39 is 0 Å². The Balaban J connectivity index is 2.71. The molecule has 1 aromatic rings. The van der Waals surface area contributed by atoms with Crippen LogP contribution in [0.2, 0.25) is 0 Å². The highest BCUT2D eigenvalue weighted by molar-refractivity contribution is 14.1. The van der Waals surface area contributed by atoms with Crippen molar-refractivity contribution in [1.82, 2.24) is 15.1 Å². The van der Waals surface area contributed by atoms with Crippen LogP contribution in [-0.2, 0) is 7.05 Å². The van der Waals surface area contributed by atoms with Crippen molar-refractivity contribution in [2.45, 2.75) is 0 Å². The first-order valence-corrected chi connectivity index (χ1v) is 5.29. The van der Waals surface area contributed by atoms with Crippen molar-refractivity contribution in [2.24, 2.45) is 7.05 Å². The number of hydrogen-bond donors (Lipinski definition) is 1. The van der Waals surface area contributed by atoms with E-state index in [2.05, 4.69) is 33.0 Å². The molecule has 13 heavy (non-hydrogen) atoms. The Hall–Kier alpha value is -0.300. The van der Waals surface area contributed by atoms with Gasteiger partial charge >= 0.3 is 0 Å². The number of rotatable bonds is 3. The Morgan fingerprint density at radius 3 is 3.00 bits per heavy atom. The molecule has 0 bridgehead atoms. The highest BCUT2D eigenvalue weighted by atomic mass is 127. The molecule has 72 valence electrons. The first-order chi connectivity index (χ1) is 6.16. The summed E-state index contributed by atoms with van der Waals surface area (Å²) in [5, 5.41) is 6.63. The van der Waals surface area contributed by atoms with Crippen LogP contribution in [0.4, 0.5) is 0 Å². The SMILES string of the molecule is Cn1ncc(C(=O)NCCCl)c1I. The van der Waals surface area contributed by atoms with E-state index in [0.29, 0.717) is 18.0 Å². The normalized spacial score (nSPS) is 10.1. The molecule has 6 heteroatoms. The average Bonchev–Trinajstić information content (AvgIpc) is 2.44. The van der Waals surface area contributed by atoms with Crippen LogP contribution < -0.4 is 5.32 Å². The number of nitrogens with one attached hydrogen (secondary N) is 1.